The predicted molar refractivity (Wildman–Crippen MR) is 87.2 cm³/mol. The third-order valence-corrected chi connectivity index (χ3v) is 2.88. The van der Waals surface area contributed by atoms with Crippen molar-refractivity contribution in [2.24, 2.45) is 11.7 Å². The van der Waals surface area contributed by atoms with E-state index in [0.717, 1.165) is 16.9 Å². The van der Waals surface area contributed by atoms with Crippen molar-refractivity contribution in [3.63, 3.8) is 0 Å². The Labute approximate surface area is 131 Å². The molecule has 2 aromatic rings. The molecule has 2 rings (SSSR count). The van der Waals surface area contributed by atoms with Crippen LogP contribution in [0.3, 0.4) is 0 Å². The van der Waals surface area contributed by atoms with Crippen molar-refractivity contribution in [2.45, 2.75) is 13.1 Å². The number of hydroxylamine groups is 1. The van der Waals surface area contributed by atoms with Gasteiger partial charge in [0.15, 0.2) is 0 Å². The smallest absolute Gasteiger partial charge is 0.118 e. The maximum atomic E-state index is 5.42. The van der Waals surface area contributed by atoms with E-state index in [4.69, 9.17) is 21.3 Å². The van der Waals surface area contributed by atoms with Gasteiger partial charge in [0.05, 0.1) is 20.8 Å². The SMILES string of the molecule is CON(N)Cc1ccccc1.COc1ccc(CNN)cc1. The Morgan fingerprint density at radius 2 is 1.59 bits per heavy atom. The van der Waals surface area contributed by atoms with Gasteiger partial charge in [-0.1, -0.05) is 42.5 Å². The second-order valence-electron chi connectivity index (χ2n) is 4.47. The Balaban J connectivity index is 0.000000220. The molecule has 2 aromatic carbocycles. The summed E-state index contributed by atoms with van der Waals surface area (Å²) < 4.78 is 5.00. The minimum Gasteiger partial charge on any atom is -0.497 e. The van der Waals surface area contributed by atoms with Crippen LogP contribution in [-0.2, 0) is 17.9 Å². The average molecular weight is 304 g/mol. The van der Waals surface area contributed by atoms with E-state index in [-0.39, 0.29) is 0 Å². The lowest BCUT2D eigenvalue weighted by molar-refractivity contribution is -0.141. The minimum absolute atomic E-state index is 0.608. The van der Waals surface area contributed by atoms with E-state index >= 15 is 0 Å². The van der Waals surface area contributed by atoms with Gasteiger partial charge >= 0.3 is 0 Å². The molecule has 0 saturated heterocycles. The third kappa shape index (κ3) is 7.16. The summed E-state index contributed by atoms with van der Waals surface area (Å²) in [5.41, 5.74) is 4.86. The molecule has 6 heteroatoms. The Morgan fingerprint density at radius 3 is 2.09 bits per heavy atom. The number of benzene rings is 2. The molecule has 0 fully saturated rings. The number of hydrogen-bond donors (Lipinski definition) is 3. The Morgan fingerprint density at radius 1 is 0.955 bits per heavy atom. The van der Waals surface area contributed by atoms with Gasteiger partial charge in [0.2, 0.25) is 0 Å². The maximum absolute atomic E-state index is 5.42. The van der Waals surface area contributed by atoms with Gasteiger partial charge in [-0.05, 0) is 23.3 Å². The van der Waals surface area contributed by atoms with Crippen molar-refractivity contribution in [1.29, 1.82) is 0 Å². The Kier molecular flexibility index (Phi) is 8.82. The first-order valence-electron chi connectivity index (χ1n) is 6.86. The Hall–Kier alpha value is -1.96. The van der Waals surface area contributed by atoms with Crippen molar-refractivity contribution in [3.8, 4) is 5.75 Å². The average Bonchev–Trinajstić information content (AvgIpc) is 2.57. The summed E-state index contributed by atoms with van der Waals surface area (Å²) in [5.74, 6) is 11.4. The minimum atomic E-state index is 0.608. The van der Waals surface area contributed by atoms with Gasteiger partial charge in [-0.25, -0.2) is 5.84 Å². The number of rotatable bonds is 6. The van der Waals surface area contributed by atoms with E-state index in [1.54, 1.807) is 14.2 Å². The first-order valence-corrected chi connectivity index (χ1v) is 6.86. The van der Waals surface area contributed by atoms with Crippen LogP contribution in [-0.4, -0.2) is 19.4 Å². The second kappa shape index (κ2) is 10.7. The first-order chi connectivity index (χ1) is 10.7. The molecular formula is C16H24N4O2. The molecule has 0 saturated carbocycles. The zero-order valence-electron chi connectivity index (χ0n) is 13.0. The number of methoxy groups -OCH3 is 1. The van der Waals surface area contributed by atoms with Crippen LogP contribution < -0.4 is 21.8 Å². The fourth-order valence-electron chi connectivity index (χ4n) is 1.69. The molecule has 0 amide bonds. The molecule has 0 heterocycles. The number of ether oxygens (including phenoxy) is 1. The standard InChI is InChI=1S/2C8H12N2O/c1-11-8-4-2-7(3-5-8)6-10-9;1-11-10(9)7-8-5-3-2-4-6-8/h2-5,10H,6,9H2,1H3;2-6H,7,9H2,1H3. The quantitative estimate of drug-likeness (QED) is 0.555. The maximum Gasteiger partial charge on any atom is 0.118 e. The number of nitrogens with zero attached hydrogens (tertiary/aromatic N) is 1. The monoisotopic (exact) mass is 304 g/mol. The van der Waals surface area contributed by atoms with Crippen LogP contribution in [0.5, 0.6) is 5.75 Å². The molecule has 0 spiro atoms. The van der Waals surface area contributed by atoms with Gasteiger partial charge < -0.3 is 4.74 Å². The van der Waals surface area contributed by atoms with Crippen molar-refractivity contribution in [1.82, 2.24) is 10.6 Å². The lowest BCUT2D eigenvalue weighted by Gasteiger charge is -2.11. The van der Waals surface area contributed by atoms with Crippen LogP contribution in [0.15, 0.2) is 54.6 Å². The highest BCUT2D eigenvalue weighted by Crippen LogP contribution is 2.10. The molecule has 5 N–H and O–H groups in total. The highest BCUT2D eigenvalue weighted by atomic mass is 16.7. The van der Waals surface area contributed by atoms with Gasteiger partial charge in [0, 0.05) is 6.54 Å². The van der Waals surface area contributed by atoms with E-state index in [9.17, 15) is 0 Å². The molecule has 120 valence electrons. The van der Waals surface area contributed by atoms with E-state index in [1.165, 1.54) is 5.17 Å². The van der Waals surface area contributed by atoms with Crippen LogP contribution in [0, 0.1) is 0 Å². The van der Waals surface area contributed by atoms with Gasteiger partial charge in [0.25, 0.3) is 0 Å². The van der Waals surface area contributed by atoms with Crippen LogP contribution in [0.1, 0.15) is 11.1 Å². The summed E-state index contributed by atoms with van der Waals surface area (Å²) in [6.45, 7) is 1.29. The molecule has 0 aliphatic carbocycles. The number of nitrogens with one attached hydrogen (secondary N) is 1. The summed E-state index contributed by atoms with van der Waals surface area (Å²) in [6, 6.07) is 17.7. The molecule has 0 aliphatic rings. The molecule has 0 bridgehead atoms. The van der Waals surface area contributed by atoms with Gasteiger partial charge in [-0.15, -0.1) is 5.17 Å². The molecule has 0 atom stereocenters. The summed E-state index contributed by atoms with van der Waals surface area (Å²) >= 11 is 0. The van der Waals surface area contributed by atoms with E-state index in [2.05, 4.69) is 5.43 Å². The summed E-state index contributed by atoms with van der Waals surface area (Å²) in [7, 11) is 3.19. The molecular weight excluding hydrogens is 280 g/mol. The van der Waals surface area contributed by atoms with Gasteiger partial charge in [-0.2, -0.15) is 0 Å². The molecule has 6 nitrogen and oxygen atoms in total. The van der Waals surface area contributed by atoms with E-state index < -0.39 is 0 Å². The number of hydrogen-bond acceptors (Lipinski definition) is 6. The summed E-state index contributed by atoms with van der Waals surface area (Å²) in [5, 5.41) is 1.29. The van der Waals surface area contributed by atoms with Crippen LogP contribution in [0.4, 0.5) is 0 Å². The molecule has 22 heavy (non-hydrogen) atoms. The largest absolute Gasteiger partial charge is 0.497 e. The van der Waals surface area contributed by atoms with Crippen molar-refractivity contribution in [3.05, 3.63) is 65.7 Å². The zero-order valence-corrected chi connectivity index (χ0v) is 13.0. The van der Waals surface area contributed by atoms with Gasteiger partial charge in [0.1, 0.15) is 5.75 Å². The highest BCUT2D eigenvalue weighted by Gasteiger charge is 1.96. The van der Waals surface area contributed by atoms with E-state index in [0.29, 0.717) is 13.1 Å². The van der Waals surface area contributed by atoms with Crippen LogP contribution >= 0.6 is 0 Å². The molecule has 0 radical (unpaired) electrons. The van der Waals surface area contributed by atoms with Crippen molar-refractivity contribution < 1.29 is 9.57 Å². The zero-order chi connectivity index (χ0) is 16.2. The molecule has 0 unspecified atom stereocenters. The lowest BCUT2D eigenvalue weighted by atomic mass is 10.2. The fraction of sp³-hybridized carbons (Fsp3) is 0.250. The topological polar surface area (TPSA) is 85.8 Å². The van der Waals surface area contributed by atoms with Crippen molar-refractivity contribution >= 4 is 0 Å². The fourth-order valence-corrected chi connectivity index (χ4v) is 1.69. The molecule has 0 aliphatic heterocycles. The highest BCUT2D eigenvalue weighted by molar-refractivity contribution is 5.26. The van der Waals surface area contributed by atoms with Gasteiger partial charge in [-0.3, -0.25) is 16.1 Å². The predicted octanol–water partition coefficient (Wildman–Crippen LogP) is 1.58. The summed E-state index contributed by atoms with van der Waals surface area (Å²) in [4.78, 5) is 4.77. The lowest BCUT2D eigenvalue weighted by Crippen LogP contribution is -2.28. The van der Waals surface area contributed by atoms with Crippen LogP contribution in [0.2, 0.25) is 0 Å². The summed E-state index contributed by atoms with van der Waals surface area (Å²) in [6.07, 6.45) is 0. The first kappa shape index (κ1) is 18.1. The number of hydrazine groups is 2. The second-order valence-corrected chi connectivity index (χ2v) is 4.47. The third-order valence-electron chi connectivity index (χ3n) is 2.88. The van der Waals surface area contributed by atoms with E-state index in [1.807, 2.05) is 54.6 Å². The Bertz CT molecular complexity index is 505. The van der Waals surface area contributed by atoms with Crippen LogP contribution in [0.25, 0.3) is 0 Å². The number of nitrogens with two attached hydrogens (primary N) is 2. The normalized spacial score (nSPS) is 10.0. The van der Waals surface area contributed by atoms with Crippen molar-refractivity contribution in [2.75, 3.05) is 14.2 Å². The molecule has 0 aromatic heterocycles.